The zero-order valence-electron chi connectivity index (χ0n) is 19.4. The number of rotatable bonds is 7. The first-order valence-electron chi connectivity index (χ1n) is 11.1. The third kappa shape index (κ3) is 5.06. The van der Waals surface area contributed by atoms with Crippen molar-refractivity contribution < 1.29 is 9.59 Å². The molecule has 0 aliphatic carbocycles. The van der Waals surface area contributed by atoms with Crippen molar-refractivity contribution in [2.24, 2.45) is 0 Å². The molecule has 4 aromatic rings. The van der Waals surface area contributed by atoms with Gasteiger partial charge in [-0.1, -0.05) is 42.5 Å². The maximum Gasteiger partial charge on any atom is 0.259 e. The minimum Gasteiger partial charge on any atom is -0.350 e. The van der Waals surface area contributed by atoms with Gasteiger partial charge >= 0.3 is 0 Å². The van der Waals surface area contributed by atoms with Gasteiger partial charge < -0.3 is 19.8 Å². The number of benzene rings is 2. The molecule has 8 heteroatoms. The molecule has 0 spiro atoms. The SMILES string of the molecule is CC(C)NC(=O)c1cn(Cc2ccccc2)cc(C(=O)N(C)Cc2nc3ccccc3[nH]2)c1=O. The number of imidazole rings is 1. The van der Waals surface area contributed by atoms with E-state index in [1.807, 2.05) is 68.4 Å². The molecular weight excluding hydrogens is 430 g/mol. The van der Waals surface area contributed by atoms with Crippen LogP contribution in [0.5, 0.6) is 0 Å². The number of nitrogens with one attached hydrogen (secondary N) is 2. The van der Waals surface area contributed by atoms with E-state index in [1.54, 1.807) is 11.6 Å². The van der Waals surface area contributed by atoms with Crippen molar-refractivity contribution in [1.82, 2.24) is 24.8 Å². The Balaban J connectivity index is 1.67. The highest BCUT2D eigenvalue weighted by Gasteiger charge is 2.23. The zero-order chi connectivity index (χ0) is 24.2. The maximum absolute atomic E-state index is 13.3. The molecule has 8 nitrogen and oxygen atoms in total. The molecule has 0 aliphatic rings. The van der Waals surface area contributed by atoms with Crippen LogP contribution in [0, 0.1) is 0 Å². The average Bonchev–Trinajstić information content (AvgIpc) is 3.22. The van der Waals surface area contributed by atoms with Crippen LogP contribution in [-0.4, -0.2) is 44.3 Å². The summed E-state index contributed by atoms with van der Waals surface area (Å²) < 4.78 is 1.70. The lowest BCUT2D eigenvalue weighted by Gasteiger charge is -2.18. The number of carbonyl (C=O) groups excluding carboxylic acids is 2. The van der Waals surface area contributed by atoms with E-state index in [2.05, 4.69) is 15.3 Å². The molecule has 2 aromatic carbocycles. The second kappa shape index (κ2) is 9.74. The van der Waals surface area contributed by atoms with Crippen molar-refractivity contribution in [3.63, 3.8) is 0 Å². The number of hydrogen-bond acceptors (Lipinski definition) is 4. The number of H-pyrrole nitrogens is 1. The van der Waals surface area contributed by atoms with E-state index in [0.717, 1.165) is 16.6 Å². The Labute approximate surface area is 197 Å². The lowest BCUT2D eigenvalue weighted by Crippen LogP contribution is -2.38. The molecule has 0 radical (unpaired) electrons. The van der Waals surface area contributed by atoms with Gasteiger partial charge in [-0.15, -0.1) is 0 Å². The van der Waals surface area contributed by atoms with Gasteiger partial charge in [0.2, 0.25) is 5.43 Å². The van der Waals surface area contributed by atoms with Crippen LogP contribution < -0.4 is 10.7 Å². The van der Waals surface area contributed by atoms with Crippen molar-refractivity contribution in [1.29, 1.82) is 0 Å². The van der Waals surface area contributed by atoms with Gasteiger partial charge in [0.1, 0.15) is 17.0 Å². The van der Waals surface area contributed by atoms with E-state index in [1.165, 1.54) is 17.3 Å². The third-order valence-electron chi connectivity index (χ3n) is 5.35. The Hall–Kier alpha value is -4.20. The number of aromatic nitrogens is 3. The number of para-hydroxylation sites is 2. The molecule has 0 saturated carbocycles. The minimum atomic E-state index is -0.594. The van der Waals surface area contributed by atoms with Crippen molar-refractivity contribution in [3.05, 3.63) is 99.7 Å². The van der Waals surface area contributed by atoms with Crippen LogP contribution in [0.3, 0.4) is 0 Å². The standard InChI is InChI=1S/C26H27N5O3/c1-17(2)27-25(33)19-14-31(13-18-9-5-4-6-10-18)15-20(24(19)32)26(34)30(3)16-23-28-21-11-7-8-12-22(21)29-23/h4-12,14-15,17H,13,16H2,1-3H3,(H,27,33)(H,28,29). The molecule has 2 heterocycles. The van der Waals surface area contributed by atoms with Gasteiger partial charge in [0.15, 0.2) is 0 Å². The van der Waals surface area contributed by atoms with E-state index in [0.29, 0.717) is 12.4 Å². The Bertz CT molecular complexity index is 1360. The number of amides is 2. The second-order valence-corrected chi connectivity index (χ2v) is 8.56. The van der Waals surface area contributed by atoms with E-state index >= 15 is 0 Å². The van der Waals surface area contributed by atoms with Crippen molar-refractivity contribution in [3.8, 4) is 0 Å². The van der Waals surface area contributed by atoms with Crippen LogP contribution >= 0.6 is 0 Å². The van der Waals surface area contributed by atoms with E-state index in [4.69, 9.17) is 0 Å². The molecule has 0 atom stereocenters. The molecule has 2 aromatic heterocycles. The highest BCUT2D eigenvalue weighted by atomic mass is 16.2. The zero-order valence-corrected chi connectivity index (χ0v) is 19.4. The van der Waals surface area contributed by atoms with Crippen LogP contribution in [0.1, 0.15) is 46.0 Å². The quantitative estimate of drug-likeness (QED) is 0.445. The van der Waals surface area contributed by atoms with Gasteiger partial charge in [-0.3, -0.25) is 14.4 Å². The molecule has 0 saturated heterocycles. The summed E-state index contributed by atoms with van der Waals surface area (Å²) in [6, 6.07) is 17.1. The molecule has 0 bridgehead atoms. The average molecular weight is 458 g/mol. The predicted molar refractivity (Wildman–Crippen MR) is 131 cm³/mol. The van der Waals surface area contributed by atoms with Gasteiger partial charge in [-0.05, 0) is 31.5 Å². The highest BCUT2D eigenvalue weighted by Crippen LogP contribution is 2.13. The number of hydrogen-bond donors (Lipinski definition) is 2. The maximum atomic E-state index is 13.3. The lowest BCUT2D eigenvalue weighted by molar-refractivity contribution is 0.0779. The molecule has 174 valence electrons. The highest BCUT2D eigenvalue weighted by molar-refractivity contribution is 5.99. The summed E-state index contributed by atoms with van der Waals surface area (Å²) >= 11 is 0. The molecule has 2 N–H and O–H groups in total. The predicted octanol–water partition coefficient (Wildman–Crippen LogP) is 3.18. The largest absolute Gasteiger partial charge is 0.350 e. The molecule has 0 fully saturated rings. The van der Waals surface area contributed by atoms with Crippen molar-refractivity contribution in [2.75, 3.05) is 7.05 Å². The fourth-order valence-electron chi connectivity index (χ4n) is 3.75. The number of fused-ring (bicyclic) bond motifs is 1. The van der Waals surface area contributed by atoms with E-state index in [9.17, 15) is 14.4 Å². The summed E-state index contributed by atoms with van der Waals surface area (Å²) in [6.45, 7) is 4.23. The number of carbonyl (C=O) groups is 2. The van der Waals surface area contributed by atoms with Crippen molar-refractivity contribution >= 4 is 22.8 Å². The summed E-state index contributed by atoms with van der Waals surface area (Å²) in [5, 5.41) is 2.75. The topological polar surface area (TPSA) is 100 Å². The van der Waals surface area contributed by atoms with Gasteiger partial charge in [0.25, 0.3) is 11.8 Å². The minimum absolute atomic E-state index is 0.0624. The molecular formula is C26H27N5O3. The number of nitrogens with zero attached hydrogens (tertiary/aromatic N) is 3. The molecule has 34 heavy (non-hydrogen) atoms. The first kappa shape index (κ1) is 23.0. The van der Waals surface area contributed by atoms with Crippen LogP contribution in [0.15, 0.2) is 71.8 Å². The van der Waals surface area contributed by atoms with Crippen LogP contribution in [0.25, 0.3) is 11.0 Å². The summed E-state index contributed by atoms with van der Waals surface area (Å²) in [7, 11) is 1.61. The molecule has 4 rings (SSSR count). The van der Waals surface area contributed by atoms with Crippen LogP contribution in [-0.2, 0) is 13.1 Å². The Morgan fingerprint density at radius 2 is 1.71 bits per heavy atom. The van der Waals surface area contributed by atoms with Gasteiger partial charge in [-0.25, -0.2) is 4.98 Å². The Morgan fingerprint density at radius 1 is 1.03 bits per heavy atom. The second-order valence-electron chi connectivity index (χ2n) is 8.56. The lowest BCUT2D eigenvalue weighted by atomic mass is 10.1. The van der Waals surface area contributed by atoms with Crippen LogP contribution in [0.2, 0.25) is 0 Å². The summed E-state index contributed by atoms with van der Waals surface area (Å²) in [4.78, 5) is 48.4. The first-order valence-corrected chi connectivity index (χ1v) is 11.1. The smallest absolute Gasteiger partial charge is 0.259 e. The van der Waals surface area contributed by atoms with E-state index < -0.39 is 17.2 Å². The number of pyridine rings is 1. The van der Waals surface area contributed by atoms with E-state index in [-0.39, 0.29) is 23.7 Å². The van der Waals surface area contributed by atoms with Crippen molar-refractivity contribution in [2.45, 2.75) is 33.0 Å². The molecule has 0 aliphatic heterocycles. The Kier molecular flexibility index (Phi) is 6.58. The Morgan fingerprint density at radius 3 is 2.41 bits per heavy atom. The fraction of sp³-hybridized carbons (Fsp3) is 0.231. The third-order valence-corrected chi connectivity index (χ3v) is 5.35. The summed E-state index contributed by atoms with van der Waals surface area (Å²) in [5.74, 6) is -0.377. The molecule has 0 unspecified atom stereocenters. The fourth-order valence-corrected chi connectivity index (χ4v) is 3.75. The monoisotopic (exact) mass is 457 g/mol. The summed E-state index contributed by atoms with van der Waals surface area (Å²) in [5.41, 5.74) is 1.93. The van der Waals surface area contributed by atoms with Gasteiger partial charge in [0.05, 0.1) is 17.6 Å². The normalized spacial score (nSPS) is 11.1. The number of aromatic amines is 1. The summed E-state index contributed by atoms with van der Waals surface area (Å²) in [6.07, 6.45) is 3.02. The molecule has 2 amide bonds. The van der Waals surface area contributed by atoms with Crippen LogP contribution in [0.4, 0.5) is 0 Å². The first-order chi connectivity index (χ1) is 16.3. The van der Waals surface area contributed by atoms with Gasteiger partial charge in [0, 0.05) is 32.0 Å². The van der Waals surface area contributed by atoms with Gasteiger partial charge in [-0.2, -0.15) is 0 Å².